The number of carbonyl (C=O) groups is 1. The smallest absolute Gasteiger partial charge is 0.152 e. The Kier molecular flexibility index (Phi) is 5.39. The number of carbonyl (C=O) groups excluding carboxylic acids is 1. The summed E-state index contributed by atoms with van der Waals surface area (Å²) in [6.45, 7) is 0.373. The zero-order valence-electron chi connectivity index (χ0n) is 9.82. The first kappa shape index (κ1) is 14.3. The Balaban J connectivity index is 0.00000162. The van der Waals surface area contributed by atoms with E-state index in [2.05, 4.69) is 4.98 Å². The predicted molar refractivity (Wildman–Crippen MR) is 70.9 cm³/mol. The molecular formula is C13H15ClN2O2. The minimum absolute atomic E-state index is 0. The first-order chi connectivity index (χ1) is 8.24. The molecule has 0 unspecified atom stereocenters. The van der Waals surface area contributed by atoms with Gasteiger partial charge >= 0.3 is 0 Å². The van der Waals surface area contributed by atoms with E-state index in [0.29, 0.717) is 19.4 Å². The van der Waals surface area contributed by atoms with Gasteiger partial charge in [0.2, 0.25) is 0 Å². The summed E-state index contributed by atoms with van der Waals surface area (Å²) in [5.74, 6) is 0.426. The standard InChI is InChI=1S/C13H14N2O2.ClH/c16-12-4-1-11(2-5-12)3-6-13(17)9-15-8-7-14-10-15;/h1-2,4-5,7-8,10,16H,3,6,9H2;1H. The highest BCUT2D eigenvalue weighted by atomic mass is 35.5. The molecule has 0 spiro atoms. The summed E-state index contributed by atoms with van der Waals surface area (Å²) >= 11 is 0. The maximum atomic E-state index is 11.7. The SMILES string of the molecule is Cl.O=C(CCc1ccc(O)cc1)Cn1ccnc1. The molecule has 2 aromatic rings. The molecule has 0 atom stereocenters. The fourth-order valence-electron chi connectivity index (χ4n) is 1.61. The van der Waals surface area contributed by atoms with Crippen LogP contribution in [0.4, 0.5) is 0 Å². The topological polar surface area (TPSA) is 55.1 Å². The quantitative estimate of drug-likeness (QED) is 0.903. The number of phenolic OH excluding ortho intramolecular Hbond substituents is 1. The number of aryl methyl sites for hydroxylation is 1. The molecule has 0 aliphatic heterocycles. The third-order valence-corrected chi connectivity index (χ3v) is 2.55. The lowest BCUT2D eigenvalue weighted by atomic mass is 10.1. The molecule has 0 fully saturated rings. The lowest BCUT2D eigenvalue weighted by Gasteiger charge is -2.02. The highest BCUT2D eigenvalue weighted by molar-refractivity contribution is 5.85. The molecule has 5 heteroatoms. The van der Waals surface area contributed by atoms with Crippen LogP contribution in [0.15, 0.2) is 43.0 Å². The van der Waals surface area contributed by atoms with Crippen molar-refractivity contribution in [2.75, 3.05) is 0 Å². The van der Waals surface area contributed by atoms with Gasteiger partial charge in [-0.2, -0.15) is 0 Å². The second-order valence-corrected chi connectivity index (χ2v) is 3.94. The van der Waals surface area contributed by atoms with E-state index in [1.165, 1.54) is 0 Å². The Bertz CT molecular complexity index is 480. The van der Waals surface area contributed by atoms with Crippen LogP contribution in [0.25, 0.3) is 0 Å². The van der Waals surface area contributed by atoms with Crippen molar-refractivity contribution in [3.8, 4) is 5.75 Å². The Labute approximate surface area is 112 Å². The van der Waals surface area contributed by atoms with E-state index < -0.39 is 0 Å². The average Bonchev–Trinajstić information content (AvgIpc) is 2.81. The van der Waals surface area contributed by atoms with Gasteiger partial charge in [0.25, 0.3) is 0 Å². The second-order valence-electron chi connectivity index (χ2n) is 3.94. The number of Topliss-reactive ketones (excluding diaryl/α,β-unsaturated/α-hetero) is 1. The van der Waals surface area contributed by atoms with E-state index in [-0.39, 0.29) is 23.9 Å². The second kappa shape index (κ2) is 6.81. The van der Waals surface area contributed by atoms with Gasteiger partial charge in [-0.15, -0.1) is 12.4 Å². The summed E-state index contributed by atoms with van der Waals surface area (Å²) in [5.41, 5.74) is 1.06. The average molecular weight is 267 g/mol. The van der Waals surface area contributed by atoms with Crippen molar-refractivity contribution in [2.24, 2.45) is 0 Å². The number of nitrogens with zero attached hydrogens (tertiary/aromatic N) is 2. The summed E-state index contributed by atoms with van der Waals surface area (Å²) in [5, 5.41) is 9.13. The van der Waals surface area contributed by atoms with Crippen molar-refractivity contribution >= 4 is 18.2 Å². The molecule has 0 bridgehead atoms. The summed E-state index contributed by atoms with van der Waals surface area (Å²) in [7, 11) is 0. The number of aromatic hydroxyl groups is 1. The van der Waals surface area contributed by atoms with Crippen molar-refractivity contribution in [2.45, 2.75) is 19.4 Å². The summed E-state index contributed by atoms with van der Waals surface area (Å²) in [6.07, 6.45) is 6.28. The number of hydrogen-bond acceptors (Lipinski definition) is 3. The summed E-state index contributed by atoms with van der Waals surface area (Å²) < 4.78 is 1.76. The lowest BCUT2D eigenvalue weighted by Crippen LogP contribution is -2.09. The summed E-state index contributed by atoms with van der Waals surface area (Å²) in [6, 6.07) is 6.94. The Morgan fingerprint density at radius 1 is 1.28 bits per heavy atom. The van der Waals surface area contributed by atoms with Crippen LogP contribution in [-0.2, 0) is 17.8 Å². The molecule has 0 saturated carbocycles. The maximum absolute atomic E-state index is 11.7. The van der Waals surface area contributed by atoms with Crippen LogP contribution in [0.5, 0.6) is 5.75 Å². The number of phenols is 1. The van der Waals surface area contributed by atoms with Gasteiger partial charge in [0, 0.05) is 18.8 Å². The normalized spacial score (nSPS) is 9.78. The van der Waals surface area contributed by atoms with Crippen LogP contribution in [0.2, 0.25) is 0 Å². The summed E-state index contributed by atoms with van der Waals surface area (Å²) in [4.78, 5) is 15.5. The first-order valence-electron chi connectivity index (χ1n) is 5.49. The number of rotatable bonds is 5. The minimum atomic E-state index is 0. The van der Waals surface area contributed by atoms with Crippen molar-refractivity contribution in [3.63, 3.8) is 0 Å². The van der Waals surface area contributed by atoms with Gasteiger partial charge < -0.3 is 9.67 Å². The van der Waals surface area contributed by atoms with Crippen LogP contribution in [-0.4, -0.2) is 20.4 Å². The van der Waals surface area contributed by atoms with Gasteiger partial charge in [0.1, 0.15) is 5.75 Å². The van der Waals surface area contributed by atoms with Crippen LogP contribution >= 0.6 is 12.4 Å². The molecule has 1 aromatic heterocycles. The highest BCUT2D eigenvalue weighted by Crippen LogP contribution is 2.11. The minimum Gasteiger partial charge on any atom is -0.508 e. The molecule has 1 heterocycles. The van der Waals surface area contributed by atoms with Gasteiger partial charge in [-0.25, -0.2) is 4.98 Å². The van der Waals surface area contributed by atoms with Gasteiger partial charge in [-0.3, -0.25) is 4.79 Å². The Morgan fingerprint density at radius 2 is 2.00 bits per heavy atom. The van der Waals surface area contributed by atoms with Gasteiger partial charge in [-0.05, 0) is 24.1 Å². The predicted octanol–water partition coefficient (Wildman–Crippen LogP) is 2.21. The van der Waals surface area contributed by atoms with Crippen molar-refractivity contribution < 1.29 is 9.90 Å². The van der Waals surface area contributed by atoms with E-state index in [1.54, 1.807) is 35.4 Å². The van der Waals surface area contributed by atoms with Gasteiger partial charge in [0.15, 0.2) is 5.78 Å². The monoisotopic (exact) mass is 266 g/mol. The van der Waals surface area contributed by atoms with Crippen molar-refractivity contribution in [3.05, 3.63) is 48.5 Å². The molecule has 1 N–H and O–H groups in total. The molecular weight excluding hydrogens is 252 g/mol. The van der Waals surface area contributed by atoms with Crippen LogP contribution in [0.1, 0.15) is 12.0 Å². The van der Waals surface area contributed by atoms with Gasteiger partial charge in [0.05, 0.1) is 12.9 Å². The lowest BCUT2D eigenvalue weighted by molar-refractivity contribution is -0.119. The molecule has 18 heavy (non-hydrogen) atoms. The van der Waals surface area contributed by atoms with E-state index in [0.717, 1.165) is 5.56 Å². The fourth-order valence-corrected chi connectivity index (χ4v) is 1.61. The molecule has 4 nitrogen and oxygen atoms in total. The number of hydrogen-bond donors (Lipinski definition) is 1. The Morgan fingerprint density at radius 3 is 2.61 bits per heavy atom. The van der Waals surface area contributed by atoms with E-state index in [4.69, 9.17) is 5.11 Å². The largest absolute Gasteiger partial charge is 0.508 e. The van der Waals surface area contributed by atoms with E-state index in [1.807, 2.05) is 12.1 Å². The number of halogens is 1. The molecule has 0 amide bonds. The van der Waals surface area contributed by atoms with Crippen molar-refractivity contribution in [1.82, 2.24) is 9.55 Å². The van der Waals surface area contributed by atoms with E-state index in [9.17, 15) is 4.79 Å². The highest BCUT2D eigenvalue weighted by Gasteiger charge is 2.03. The zero-order valence-corrected chi connectivity index (χ0v) is 10.6. The van der Waals surface area contributed by atoms with Gasteiger partial charge in [-0.1, -0.05) is 12.1 Å². The third-order valence-electron chi connectivity index (χ3n) is 2.55. The fraction of sp³-hybridized carbons (Fsp3) is 0.231. The molecule has 2 rings (SSSR count). The molecule has 0 saturated heterocycles. The van der Waals surface area contributed by atoms with Crippen molar-refractivity contribution in [1.29, 1.82) is 0 Å². The van der Waals surface area contributed by atoms with Crippen LogP contribution in [0.3, 0.4) is 0 Å². The maximum Gasteiger partial charge on any atom is 0.152 e. The number of benzene rings is 1. The molecule has 96 valence electrons. The molecule has 0 aliphatic carbocycles. The molecule has 1 aromatic carbocycles. The number of aromatic nitrogens is 2. The zero-order chi connectivity index (χ0) is 12.1. The Hall–Kier alpha value is -1.81. The third kappa shape index (κ3) is 4.22. The number of imidazole rings is 1. The van der Waals surface area contributed by atoms with Crippen LogP contribution < -0.4 is 0 Å². The first-order valence-corrected chi connectivity index (χ1v) is 5.49. The van der Waals surface area contributed by atoms with Crippen LogP contribution in [0, 0.1) is 0 Å². The molecule has 0 radical (unpaired) electrons. The molecule has 0 aliphatic rings. The number of ketones is 1. The van der Waals surface area contributed by atoms with E-state index >= 15 is 0 Å².